The maximum absolute atomic E-state index is 13.8. The van der Waals surface area contributed by atoms with Crippen molar-refractivity contribution in [2.45, 2.75) is 44.6 Å². The van der Waals surface area contributed by atoms with Crippen LogP contribution in [0.5, 0.6) is 0 Å². The van der Waals surface area contributed by atoms with Crippen molar-refractivity contribution in [1.29, 1.82) is 0 Å². The third-order valence-electron chi connectivity index (χ3n) is 5.49. The van der Waals surface area contributed by atoms with Crippen LogP contribution in [-0.2, 0) is 19.3 Å². The zero-order valence-corrected chi connectivity index (χ0v) is 16.4. The third-order valence-corrected chi connectivity index (χ3v) is 5.49. The minimum atomic E-state index is -4.63. The molecule has 1 N–H and O–H groups in total. The van der Waals surface area contributed by atoms with Crippen LogP contribution in [0.4, 0.5) is 27.6 Å². The van der Waals surface area contributed by atoms with Crippen LogP contribution in [0.25, 0.3) is 0 Å². The Morgan fingerprint density at radius 1 is 1.17 bits per heavy atom. The normalized spacial score (nSPS) is 18.9. The molecule has 30 heavy (non-hydrogen) atoms. The molecule has 1 fully saturated rings. The second kappa shape index (κ2) is 9.12. The summed E-state index contributed by atoms with van der Waals surface area (Å²) in [6, 6.07) is 11.2. The van der Waals surface area contributed by atoms with Crippen molar-refractivity contribution in [3.05, 3.63) is 64.7 Å². The van der Waals surface area contributed by atoms with Gasteiger partial charge in [0.1, 0.15) is 6.29 Å². The summed E-state index contributed by atoms with van der Waals surface area (Å²) in [5, 5.41) is 3.01. The fourth-order valence-electron chi connectivity index (χ4n) is 3.70. The average Bonchev–Trinajstić information content (AvgIpc) is 2.66. The van der Waals surface area contributed by atoms with Gasteiger partial charge in [0.15, 0.2) is 0 Å². The van der Waals surface area contributed by atoms with Crippen LogP contribution < -0.4 is 10.2 Å². The number of alkyl halides is 5. The topological polar surface area (TPSA) is 32.3 Å². The number of rotatable bonds is 8. The zero-order chi connectivity index (χ0) is 21.9. The van der Waals surface area contributed by atoms with Gasteiger partial charge in [-0.2, -0.15) is 13.2 Å². The van der Waals surface area contributed by atoms with Crippen LogP contribution in [0, 0.1) is 5.92 Å². The molecule has 0 radical (unpaired) electrons. The van der Waals surface area contributed by atoms with E-state index in [-0.39, 0.29) is 30.3 Å². The number of hydrogen-bond donors (Lipinski definition) is 1. The van der Waals surface area contributed by atoms with E-state index in [2.05, 4.69) is 5.32 Å². The summed E-state index contributed by atoms with van der Waals surface area (Å²) >= 11 is 0. The van der Waals surface area contributed by atoms with Gasteiger partial charge in [0.25, 0.3) is 0 Å². The number of nitrogens with zero attached hydrogens (tertiary/aromatic N) is 1. The molecule has 0 heterocycles. The van der Waals surface area contributed by atoms with Gasteiger partial charge in [-0.05, 0) is 48.2 Å². The molecule has 0 unspecified atom stereocenters. The van der Waals surface area contributed by atoms with Crippen LogP contribution in [0.1, 0.15) is 39.9 Å². The first-order valence-electron chi connectivity index (χ1n) is 9.65. The van der Waals surface area contributed by atoms with Crippen molar-refractivity contribution in [3.63, 3.8) is 0 Å². The number of halogens is 5. The number of anilines is 1. The van der Waals surface area contributed by atoms with Crippen molar-refractivity contribution >= 4 is 12.0 Å². The zero-order valence-electron chi connectivity index (χ0n) is 16.4. The van der Waals surface area contributed by atoms with Crippen molar-refractivity contribution in [2.24, 2.45) is 5.92 Å². The molecule has 1 aliphatic carbocycles. The molecule has 0 saturated heterocycles. The molecular formula is C22H23F5N2O. The second-order valence-electron chi connectivity index (χ2n) is 7.66. The van der Waals surface area contributed by atoms with E-state index < -0.39 is 24.1 Å². The highest BCUT2D eigenvalue weighted by Crippen LogP contribution is 2.36. The number of nitrogens with one attached hydrogen (secondary N) is 1. The number of hydrogen-bond acceptors (Lipinski definition) is 3. The van der Waals surface area contributed by atoms with E-state index in [1.165, 1.54) is 6.07 Å². The molecule has 0 amide bonds. The first-order chi connectivity index (χ1) is 14.2. The number of benzene rings is 2. The quantitative estimate of drug-likeness (QED) is 0.460. The van der Waals surface area contributed by atoms with Gasteiger partial charge in [-0.15, -0.1) is 0 Å². The Balaban J connectivity index is 1.81. The van der Waals surface area contributed by atoms with Crippen LogP contribution in [-0.4, -0.2) is 25.8 Å². The minimum absolute atomic E-state index is 0.0246. The Morgan fingerprint density at radius 3 is 2.40 bits per heavy atom. The molecular weight excluding hydrogens is 403 g/mol. The molecule has 0 atom stereocenters. The smallest absolute Gasteiger partial charge is 0.370 e. The van der Waals surface area contributed by atoms with Gasteiger partial charge >= 0.3 is 6.18 Å². The largest absolute Gasteiger partial charge is 0.416 e. The summed E-state index contributed by atoms with van der Waals surface area (Å²) < 4.78 is 66.5. The highest BCUT2D eigenvalue weighted by molar-refractivity contribution is 5.79. The van der Waals surface area contributed by atoms with E-state index in [1.807, 2.05) is 6.07 Å². The summed E-state index contributed by atoms with van der Waals surface area (Å²) in [6.45, 7) is -0.00131. The minimum Gasteiger partial charge on any atom is -0.370 e. The lowest BCUT2D eigenvalue weighted by Crippen LogP contribution is -2.43. The lowest BCUT2D eigenvalue weighted by atomic mass is 9.80. The molecule has 0 spiro atoms. The second-order valence-corrected chi connectivity index (χ2v) is 7.66. The van der Waals surface area contributed by atoms with Crippen molar-refractivity contribution < 1.29 is 26.7 Å². The fourth-order valence-corrected chi connectivity index (χ4v) is 3.70. The lowest BCUT2D eigenvalue weighted by Gasteiger charge is -2.35. The van der Waals surface area contributed by atoms with Crippen molar-refractivity contribution in [2.75, 3.05) is 11.9 Å². The van der Waals surface area contributed by atoms with Gasteiger partial charge in [0.05, 0.1) is 5.56 Å². The van der Waals surface area contributed by atoms with Gasteiger partial charge in [0.2, 0.25) is 6.43 Å². The fraction of sp³-hybridized carbons (Fsp3) is 0.409. The lowest BCUT2D eigenvalue weighted by molar-refractivity contribution is -0.138. The Bertz CT molecular complexity index is 864. The molecule has 1 saturated carbocycles. The average molecular weight is 426 g/mol. The Kier molecular flexibility index (Phi) is 6.75. The summed E-state index contributed by atoms with van der Waals surface area (Å²) in [5.41, 5.74) is 0.0612. The van der Waals surface area contributed by atoms with E-state index in [4.69, 9.17) is 0 Å². The Hall–Kier alpha value is -2.48. The number of para-hydroxylation sites is 1. The van der Waals surface area contributed by atoms with Gasteiger partial charge in [0, 0.05) is 43.3 Å². The maximum Gasteiger partial charge on any atom is 0.416 e. The van der Waals surface area contributed by atoms with E-state index >= 15 is 0 Å². The number of aldehydes is 1. The SMILES string of the molecule is CN(Cc1c(C=O)cc(CNC2CC(C(F)F)C2)cc1C(F)(F)F)c1ccccc1. The van der Waals surface area contributed by atoms with Gasteiger partial charge in [-0.1, -0.05) is 18.2 Å². The van der Waals surface area contributed by atoms with Gasteiger partial charge < -0.3 is 10.2 Å². The third kappa shape index (κ3) is 5.16. The van der Waals surface area contributed by atoms with E-state index in [1.54, 1.807) is 36.2 Å². The summed E-state index contributed by atoms with van der Waals surface area (Å²) in [7, 11) is 1.66. The number of carbonyl (C=O) groups is 1. The molecule has 162 valence electrons. The number of carbonyl (C=O) groups excluding carboxylic acids is 1. The van der Waals surface area contributed by atoms with Crippen LogP contribution in [0.15, 0.2) is 42.5 Å². The Labute approximate surface area is 171 Å². The van der Waals surface area contributed by atoms with Crippen LogP contribution in [0.2, 0.25) is 0 Å². The molecule has 0 bridgehead atoms. The molecule has 0 aromatic heterocycles. The standard InChI is InChI=1S/C22H23F5N2O/c1-29(18-5-3-2-4-6-18)12-19-16(13-30)7-14(8-20(19)22(25,26)27)11-28-17-9-15(10-17)21(23)24/h2-8,13,15,17,21,28H,9-12H2,1H3. The molecule has 3 rings (SSSR count). The van der Waals surface area contributed by atoms with Crippen LogP contribution >= 0.6 is 0 Å². The maximum atomic E-state index is 13.8. The van der Waals surface area contributed by atoms with E-state index in [9.17, 15) is 26.7 Å². The van der Waals surface area contributed by atoms with E-state index in [0.717, 1.165) is 11.8 Å². The molecule has 8 heteroatoms. The van der Waals surface area contributed by atoms with Crippen LogP contribution in [0.3, 0.4) is 0 Å². The molecule has 2 aromatic rings. The monoisotopic (exact) mass is 426 g/mol. The predicted molar refractivity (Wildman–Crippen MR) is 105 cm³/mol. The molecule has 0 aliphatic heterocycles. The highest BCUT2D eigenvalue weighted by atomic mass is 19.4. The first kappa shape index (κ1) is 22.2. The van der Waals surface area contributed by atoms with Crippen molar-refractivity contribution in [3.8, 4) is 0 Å². The summed E-state index contributed by atoms with van der Waals surface area (Å²) in [5.74, 6) is -0.658. The summed E-state index contributed by atoms with van der Waals surface area (Å²) in [6.07, 6.45) is -5.97. The van der Waals surface area contributed by atoms with E-state index in [0.29, 0.717) is 24.7 Å². The summed E-state index contributed by atoms with van der Waals surface area (Å²) in [4.78, 5) is 13.3. The first-order valence-corrected chi connectivity index (χ1v) is 9.65. The molecule has 2 aromatic carbocycles. The predicted octanol–water partition coefficient (Wildman–Crippen LogP) is 5.29. The molecule has 3 nitrogen and oxygen atoms in total. The molecule has 1 aliphatic rings. The van der Waals surface area contributed by atoms with Gasteiger partial charge in [-0.3, -0.25) is 4.79 Å². The highest BCUT2D eigenvalue weighted by Gasteiger charge is 2.37. The Morgan fingerprint density at radius 2 is 1.83 bits per heavy atom. The van der Waals surface area contributed by atoms with Gasteiger partial charge in [-0.25, -0.2) is 8.78 Å². The van der Waals surface area contributed by atoms with Crippen molar-refractivity contribution in [1.82, 2.24) is 5.32 Å².